The lowest BCUT2D eigenvalue weighted by Gasteiger charge is -2.12. The van der Waals surface area contributed by atoms with E-state index in [0.29, 0.717) is 10.7 Å². The molecule has 1 aromatic carbocycles. The van der Waals surface area contributed by atoms with Crippen LogP contribution in [0.3, 0.4) is 0 Å². The number of benzene rings is 1. The summed E-state index contributed by atoms with van der Waals surface area (Å²) in [6.07, 6.45) is 0. The fourth-order valence-corrected chi connectivity index (χ4v) is 2.53. The van der Waals surface area contributed by atoms with E-state index in [1.807, 2.05) is 6.07 Å². The largest absolute Gasteiger partial charge is 0.307 e. The van der Waals surface area contributed by atoms with Crippen molar-refractivity contribution in [3.8, 4) is 0 Å². The molecule has 0 aliphatic rings. The van der Waals surface area contributed by atoms with E-state index in [-0.39, 0.29) is 16.4 Å². The third-order valence-corrected chi connectivity index (χ3v) is 4.02. The number of hydrogen-bond acceptors (Lipinski definition) is 5. The maximum Gasteiger partial charge on any atom is 0.257 e. The average molecular weight is 320 g/mol. The number of carbonyl (C=O) groups is 1. The highest BCUT2D eigenvalue weighted by atomic mass is 32.1. The zero-order chi connectivity index (χ0) is 15.5. The predicted molar refractivity (Wildman–Crippen MR) is 88.7 cm³/mol. The normalized spacial score (nSPS) is 11.0. The van der Waals surface area contributed by atoms with Crippen molar-refractivity contribution in [1.29, 1.82) is 0 Å². The SMILES string of the molecule is CC(C)(C)c1nnc(NC(=S)NC(=O)c2ccccc2)s1. The number of carbonyl (C=O) groups excluding carboxylic acids is 1. The molecule has 1 amide bonds. The van der Waals surface area contributed by atoms with Crippen LogP contribution in [0.2, 0.25) is 0 Å². The summed E-state index contributed by atoms with van der Waals surface area (Å²) in [6.45, 7) is 6.19. The molecule has 0 aliphatic heterocycles. The molecule has 0 radical (unpaired) electrons. The number of nitrogens with zero attached hydrogens (tertiary/aromatic N) is 2. The van der Waals surface area contributed by atoms with Crippen molar-refractivity contribution >= 4 is 39.7 Å². The second kappa shape index (κ2) is 6.28. The molecule has 5 nitrogen and oxygen atoms in total. The summed E-state index contributed by atoms with van der Waals surface area (Å²) in [5.41, 5.74) is 0.487. The quantitative estimate of drug-likeness (QED) is 0.833. The van der Waals surface area contributed by atoms with Crippen LogP contribution in [0.4, 0.5) is 5.13 Å². The van der Waals surface area contributed by atoms with Crippen LogP contribution in [0.25, 0.3) is 0 Å². The molecule has 0 unspecified atom stereocenters. The molecule has 110 valence electrons. The lowest BCUT2D eigenvalue weighted by atomic mass is 9.98. The first-order chi connectivity index (χ1) is 9.86. The maximum atomic E-state index is 11.9. The molecular formula is C14H16N4OS2. The van der Waals surface area contributed by atoms with Crippen LogP contribution in [-0.2, 0) is 5.41 Å². The van der Waals surface area contributed by atoms with E-state index < -0.39 is 0 Å². The van der Waals surface area contributed by atoms with Gasteiger partial charge in [0.2, 0.25) is 5.13 Å². The van der Waals surface area contributed by atoms with Crippen molar-refractivity contribution in [3.63, 3.8) is 0 Å². The molecule has 1 aromatic heterocycles. The number of aromatic nitrogens is 2. The minimum atomic E-state index is -0.256. The first-order valence-electron chi connectivity index (χ1n) is 6.37. The number of nitrogens with one attached hydrogen (secondary N) is 2. The van der Waals surface area contributed by atoms with Gasteiger partial charge in [0.15, 0.2) is 5.11 Å². The van der Waals surface area contributed by atoms with Gasteiger partial charge in [-0.05, 0) is 24.4 Å². The Morgan fingerprint density at radius 3 is 2.43 bits per heavy atom. The summed E-state index contributed by atoms with van der Waals surface area (Å²) >= 11 is 6.53. The Balaban J connectivity index is 1.96. The summed E-state index contributed by atoms with van der Waals surface area (Å²) in [5.74, 6) is -0.256. The molecule has 0 saturated heterocycles. The number of hydrogen-bond donors (Lipinski definition) is 2. The molecule has 0 bridgehead atoms. The Labute approximate surface area is 132 Å². The zero-order valence-electron chi connectivity index (χ0n) is 12.0. The van der Waals surface area contributed by atoms with Gasteiger partial charge in [0, 0.05) is 11.0 Å². The van der Waals surface area contributed by atoms with Crippen LogP contribution in [0.1, 0.15) is 36.1 Å². The van der Waals surface area contributed by atoms with Gasteiger partial charge >= 0.3 is 0 Å². The molecule has 7 heteroatoms. The molecule has 0 aliphatic carbocycles. The Morgan fingerprint density at radius 2 is 1.86 bits per heavy atom. The summed E-state index contributed by atoms with van der Waals surface area (Å²) < 4.78 is 0. The number of thiocarbonyl (C=S) groups is 1. The molecule has 2 rings (SSSR count). The minimum absolute atomic E-state index is 0.0630. The Kier molecular flexibility index (Phi) is 4.64. The third kappa shape index (κ3) is 4.30. The molecule has 0 saturated carbocycles. The van der Waals surface area contributed by atoms with E-state index in [9.17, 15) is 4.79 Å². The van der Waals surface area contributed by atoms with Crippen molar-refractivity contribution in [2.24, 2.45) is 0 Å². The van der Waals surface area contributed by atoms with Crippen molar-refractivity contribution in [3.05, 3.63) is 40.9 Å². The van der Waals surface area contributed by atoms with Crippen molar-refractivity contribution in [2.75, 3.05) is 5.32 Å². The van der Waals surface area contributed by atoms with Gasteiger partial charge in [-0.25, -0.2) is 0 Å². The zero-order valence-corrected chi connectivity index (χ0v) is 13.6. The molecule has 2 aromatic rings. The lowest BCUT2D eigenvalue weighted by molar-refractivity contribution is 0.0977. The summed E-state index contributed by atoms with van der Waals surface area (Å²) in [5, 5.41) is 15.3. The predicted octanol–water partition coefficient (Wildman–Crippen LogP) is 2.96. The second-order valence-corrected chi connectivity index (χ2v) is 6.82. The molecule has 0 atom stereocenters. The Bertz CT molecular complexity index is 646. The van der Waals surface area contributed by atoms with E-state index >= 15 is 0 Å². The third-order valence-electron chi connectivity index (χ3n) is 2.55. The van der Waals surface area contributed by atoms with E-state index in [4.69, 9.17) is 12.2 Å². The monoisotopic (exact) mass is 320 g/mol. The summed E-state index contributed by atoms with van der Waals surface area (Å²) in [6, 6.07) is 8.89. The Hall–Kier alpha value is -1.86. The molecule has 1 heterocycles. The first-order valence-corrected chi connectivity index (χ1v) is 7.60. The fourth-order valence-electron chi connectivity index (χ4n) is 1.47. The van der Waals surface area contributed by atoms with Crippen molar-refractivity contribution in [1.82, 2.24) is 15.5 Å². The van der Waals surface area contributed by atoms with Crippen LogP contribution < -0.4 is 10.6 Å². The highest BCUT2D eigenvalue weighted by Crippen LogP contribution is 2.27. The van der Waals surface area contributed by atoms with Gasteiger partial charge < -0.3 is 5.32 Å². The van der Waals surface area contributed by atoms with Crippen LogP contribution >= 0.6 is 23.6 Å². The lowest BCUT2D eigenvalue weighted by Crippen LogP contribution is -2.34. The maximum absolute atomic E-state index is 11.9. The molecule has 0 spiro atoms. The molecule has 2 N–H and O–H groups in total. The second-order valence-electron chi connectivity index (χ2n) is 5.44. The van der Waals surface area contributed by atoms with Crippen molar-refractivity contribution in [2.45, 2.75) is 26.2 Å². The van der Waals surface area contributed by atoms with Gasteiger partial charge in [0.25, 0.3) is 5.91 Å². The van der Waals surface area contributed by atoms with Gasteiger partial charge in [-0.3, -0.25) is 10.1 Å². The Morgan fingerprint density at radius 1 is 1.19 bits per heavy atom. The van der Waals surface area contributed by atoms with Gasteiger partial charge in [0.1, 0.15) is 5.01 Å². The number of amides is 1. The standard InChI is InChI=1S/C14H16N4OS2/c1-14(2,3)11-17-18-13(21-11)16-12(20)15-10(19)9-7-5-4-6-8-9/h4-8H,1-3H3,(H2,15,16,18,19,20). The number of anilines is 1. The summed E-state index contributed by atoms with van der Waals surface area (Å²) in [7, 11) is 0. The van der Waals surface area contributed by atoms with Crippen LogP contribution in [0, 0.1) is 0 Å². The number of rotatable bonds is 2. The van der Waals surface area contributed by atoms with Gasteiger partial charge in [-0.15, -0.1) is 10.2 Å². The van der Waals surface area contributed by atoms with E-state index in [1.165, 1.54) is 11.3 Å². The topological polar surface area (TPSA) is 66.9 Å². The van der Waals surface area contributed by atoms with Crippen molar-refractivity contribution < 1.29 is 4.79 Å². The highest BCUT2D eigenvalue weighted by Gasteiger charge is 2.19. The molecular weight excluding hydrogens is 304 g/mol. The van der Waals surface area contributed by atoms with Gasteiger partial charge in [0.05, 0.1) is 0 Å². The molecule has 0 fully saturated rings. The summed E-state index contributed by atoms with van der Waals surface area (Å²) in [4.78, 5) is 11.9. The highest BCUT2D eigenvalue weighted by molar-refractivity contribution is 7.80. The van der Waals surface area contributed by atoms with Crippen LogP contribution in [0.5, 0.6) is 0 Å². The van der Waals surface area contributed by atoms with Crippen LogP contribution in [0.15, 0.2) is 30.3 Å². The first kappa shape index (κ1) is 15.5. The van der Waals surface area contributed by atoms with Crippen LogP contribution in [-0.4, -0.2) is 21.2 Å². The minimum Gasteiger partial charge on any atom is -0.307 e. The average Bonchev–Trinajstić information content (AvgIpc) is 2.88. The fraction of sp³-hybridized carbons (Fsp3) is 0.286. The van der Waals surface area contributed by atoms with E-state index in [2.05, 4.69) is 41.6 Å². The van der Waals surface area contributed by atoms with E-state index in [1.54, 1.807) is 24.3 Å². The molecule has 21 heavy (non-hydrogen) atoms. The van der Waals surface area contributed by atoms with E-state index in [0.717, 1.165) is 5.01 Å². The van der Waals surface area contributed by atoms with Gasteiger partial charge in [-0.1, -0.05) is 50.3 Å². The smallest absolute Gasteiger partial charge is 0.257 e. The van der Waals surface area contributed by atoms with Gasteiger partial charge in [-0.2, -0.15) is 0 Å².